The molecule has 0 aromatic carbocycles. The van der Waals surface area contributed by atoms with Crippen molar-refractivity contribution in [2.45, 2.75) is 32.5 Å². The van der Waals surface area contributed by atoms with Crippen molar-refractivity contribution in [1.82, 2.24) is 5.32 Å². The molecule has 0 fully saturated rings. The largest absolute Gasteiger partial charge is 0.456 e. The number of hydrogen-bond acceptors (Lipinski definition) is 5. The van der Waals surface area contributed by atoms with Crippen molar-refractivity contribution in [2.24, 2.45) is 4.99 Å². The third-order valence-corrected chi connectivity index (χ3v) is 1.95. The maximum atomic E-state index is 12.5. The normalized spacial score (nSPS) is 17.8. The van der Waals surface area contributed by atoms with E-state index in [2.05, 4.69) is 4.99 Å². The molecule has 5 nitrogen and oxygen atoms in total. The first-order chi connectivity index (χ1) is 9.04. The number of halogens is 3. The van der Waals surface area contributed by atoms with Crippen LogP contribution in [0.5, 0.6) is 0 Å². The number of carbonyl (C=O) groups excluding carboxylic acids is 1. The number of hydrogen-bond donors (Lipinski definition) is 1. The molecule has 0 aromatic heterocycles. The summed E-state index contributed by atoms with van der Waals surface area (Å²) in [7, 11) is 0. The highest BCUT2D eigenvalue weighted by Gasteiger charge is 2.36. The lowest BCUT2D eigenvalue weighted by atomic mass is 10.2. The van der Waals surface area contributed by atoms with Gasteiger partial charge in [-0.25, -0.2) is 9.79 Å². The summed E-state index contributed by atoms with van der Waals surface area (Å²) in [6.45, 7) is 4.72. The monoisotopic (exact) mass is 287 g/mol. The number of nitrogens with zero attached hydrogens (tertiary/aromatic N) is 2. The van der Waals surface area contributed by atoms with Gasteiger partial charge in [0.25, 0.3) is 0 Å². The molecule has 20 heavy (non-hydrogen) atoms. The molecule has 0 atom stereocenters. The van der Waals surface area contributed by atoms with Crippen LogP contribution in [0.4, 0.5) is 13.2 Å². The summed E-state index contributed by atoms with van der Waals surface area (Å²) in [5, 5.41) is 10.8. The van der Waals surface area contributed by atoms with Crippen molar-refractivity contribution in [3.8, 4) is 6.07 Å². The molecule has 0 aliphatic carbocycles. The first-order valence-electron chi connectivity index (χ1n) is 5.51. The summed E-state index contributed by atoms with van der Waals surface area (Å²) in [6, 6.07) is 1.50. The standard InChI is InChI=1S/C12H12F3N3O2/c1-11(2,3)20-10(19)7(6-16)9-17-5-4-8(18-9)12(13,14)15/h4-5,18H,1-3H3/b9-7-. The fourth-order valence-corrected chi connectivity index (χ4v) is 1.20. The van der Waals surface area contributed by atoms with Crippen LogP contribution in [0.3, 0.4) is 0 Å². The molecule has 0 saturated heterocycles. The lowest BCUT2D eigenvalue weighted by molar-refractivity contribution is -0.149. The van der Waals surface area contributed by atoms with E-state index in [1.54, 1.807) is 20.8 Å². The zero-order chi connectivity index (χ0) is 15.6. The summed E-state index contributed by atoms with van der Waals surface area (Å²) in [6.07, 6.45) is -3.07. The Morgan fingerprint density at radius 2 is 2.00 bits per heavy atom. The molecule has 0 bridgehead atoms. The van der Waals surface area contributed by atoms with Gasteiger partial charge in [0.15, 0.2) is 11.4 Å². The van der Waals surface area contributed by atoms with Crippen molar-refractivity contribution in [3.05, 3.63) is 23.2 Å². The Bertz CT molecular complexity index is 546. The first-order valence-corrected chi connectivity index (χ1v) is 5.51. The van der Waals surface area contributed by atoms with Crippen LogP contribution in [-0.4, -0.2) is 24.0 Å². The minimum absolute atomic E-state index is 0.489. The van der Waals surface area contributed by atoms with E-state index in [4.69, 9.17) is 10.00 Å². The lowest BCUT2D eigenvalue weighted by Gasteiger charge is -2.21. The van der Waals surface area contributed by atoms with Gasteiger partial charge < -0.3 is 10.1 Å². The minimum Gasteiger partial charge on any atom is -0.456 e. The van der Waals surface area contributed by atoms with Crippen molar-refractivity contribution in [3.63, 3.8) is 0 Å². The van der Waals surface area contributed by atoms with Crippen molar-refractivity contribution >= 4 is 12.2 Å². The number of nitrogens with one attached hydrogen (secondary N) is 1. The highest BCUT2D eigenvalue weighted by molar-refractivity contribution is 5.94. The first kappa shape index (κ1) is 15.8. The SMILES string of the molecule is CC(C)(C)OC(=O)/C(C#N)=C1/N=CC=C(C(F)(F)F)N1. The van der Waals surface area contributed by atoms with Crippen molar-refractivity contribution in [2.75, 3.05) is 0 Å². The van der Waals surface area contributed by atoms with Gasteiger partial charge in [-0.2, -0.15) is 18.4 Å². The predicted octanol–water partition coefficient (Wildman–Crippen LogP) is 2.18. The Kier molecular flexibility index (Phi) is 4.23. The highest BCUT2D eigenvalue weighted by Crippen LogP contribution is 2.26. The van der Waals surface area contributed by atoms with Gasteiger partial charge >= 0.3 is 12.1 Å². The van der Waals surface area contributed by atoms with E-state index in [9.17, 15) is 18.0 Å². The smallest absolute Gasteiger partial charge is 0.431 e. The quantitative estimate of drug-likeness (QED) is 0.455. The molecule has 0 radical (unpaired) electrons. The predicted molar refractivity (Wildman–Crippen MR) is 64.2 cm³/mol. The minimum atomic E-state index is -4.63. The molecule has 0 saturated carbocycles. The topological polar surface area (TPSA) is 74.5 Å². The van der Waals surface area contributed by atoms with Gasteiger partial charge in [0.1, 0.15) is 17.4 Å². The number of nitriles is 1. The Morgan fingerprint density at radius 1 is 1.40 bits per heavy atom. The number of esters is 1. The van der Waals surface area contributed by atoms with E-state index in [-0.39, 0.29) is 0 Å². The van der Waals surface area contributed by atoms with Crippen molar-refractivity contribution < 1.29 is 22.7 Å². The average molecular weight is 287 g/mol. The van der Waals surface area contributed by atoms with Gasteiger partial charge in [-0.05, 0) is 26.8 Å². The third-order valence-electron chi connectivity index (χ3n) is 1.95. The number of aliphatic imine (C=N–C) groups is 1. The maximum absolute atomic E-state index is 12.5. The molecule has 1 N–H and O–H groups in total. The van der Waals surface area contributed by atoms with Gasteiger partial charge in [0.2, 0.25) is 0 Å². The summed E-state index contributed by atoms with van der Waals surface area (Å²) in [5.41, 5.74) is -2.61. The zero-order valence-electron chi connectivity index (χ0n) is 11.0. The second-order valence-electron chi connectivity index (χ2n) is 4.82. The van der Waals surface area contributed by atoms with Crippen molar-refractivity contribution in [1.29, 1.82) is 5.26 Å². The molecule has 1 heterocycles. The molecule has 0 amide bonds. The fraction of sp³-hybridized carbons (Fsp3) is 0.417. The second kappa shape index (κ2) is 5.36. The van der Waals surface area contributed by atoms with E-state index in [0.717, 1.165) is 6.21 Å². The summed E-state index contributed by atoms with van der Waals surface area (Å²) >= 11 is 0. The third kappa shape index (κ3) is 4.12. The Hall–Kier alpha value is -2.30. The molecule has 0 unspecified atom stereocenters. The summed E-state index contributed by atoms with van der Waals surface area (Å²) < 4.78 is 42.6. The van der Waals surface area contributed by atoms with E-state index in [1.165, 1.54) is 6.07 Å². The number of allylic oxidation sites excluding steroid dienone is 2. The van der Waals surface area contributed by atoms with Crippen LogP contribution in [0.25, 0.3) is 0 Å². The number of carbonyl (C=O) groups is 1. The van der Waals surface area contributed by atoms with Gasteiger partial charge in [-0.15, -0.1) is 0 Å². The number of alkyl halides is 3. The molecule has 1 aliphatic heterocycles. The Morgan fingerprint density at radius 3 is 2.45 bits per heavy atom. The van der Waals surface area contributed by atoms with E-state index in [0.29, 0.717) is 6.08 Å². The van der Waals surface area contributed by atoms with Crippen LogP contribution in [0.2, 0.25) is 0 Å². The molecular formula is C12H12F3N3O2. The maximum Gasteiger partial charge on any atom is 0.431 e. The number of ether oxygens (including phenoxy) is 1. The van der Waals surface area contributed by atoms with E-state index >= 15 is 0 Å². The van der Waals surface area contributed by atoms with Crippen LogP contribution < -0.4 is 5.32 Å². The number of rotatable bonds is 1. The van der Waals surface area contributed by atoms with Crippen LogP contribution in [0, 0.1) is 11.3 Å². The van der Waals surface area contributed by atoms with Gasteiger partial charge in [-0.3, -0.25) is 0 Å². The van der Waals surface area contributed by atoms with Gasteiger partial charge in [-0.1, -0.05) is 0 Å². The van der Waals surface area contributed by atoms with E-state index < -0.39 is 34.8 Å². The van der Waals surface area contributed by atoms with Crippen LogP contribution in [0.1, 0.15) is 20.8 Å². The second-order valence-corrected chi connectivity index (χ2v) is 4.82. The van der Waals surface area contributed by atoms with Gasteiger partial charge in [0, 0.05) is 6.21 Å². The van der Waals surface area contributed by atoms with E-state index in [1.807, 2.05) is 5.32 Å². The molecule has 0 aromatic rings. The highest BCUT2D eigenvalue weighted by atomic mass is 19.4. The van der Waals surface area contributed by atoms with Crippen LogP contribution in [0.15, 0.2) is 28.2 Å². The molecule has 1 rings (SSSR count). The van der Waals surface area contributed by atoms with Crippen LogP contribution in [-0.2, 0) is 9.53 Å². The lowest BCUT2D eigenvalue weighted by Crippen LogP contribution is -2.31. The zero-order valence-corrected chi connectivity index (χ0v) is 11.0. The fourth-order valence-electron chi connectivity index (χ4n) is 1.20. The molecule has 108 valence electrons. The molecule has 0 spiro atoms. The molecule has 8 heteroatoms. The van der Waals surface area contributed by atoms with Gasteiger partial charge in [0.05, 0.1) is 0 Å². The molecule has 1 aliphatic rings. The van der Waals surface area contributed by atoms with Crippen LogP contribution >= 0.6 is 0 Å². The average Bonchev–Trinajstić information content (AvgIpc) is 2.26. The Labute approximate surface area is 113 Å². The summed E-state index contributed by atoms with van der Waals surface area (Å²) in [5.74, 6) is -1.53. The molecular weight excluding hydrogens is 275 g/mol. The Balaban J connectivity index is 3.07. The summed E-state index contributed by atoms with van der Waals surface area (Å²) in [4.78, 5) is 15.3.